The van der Waals surface area contributed by atoms with E-state index in [1.54, 1.807) is 11.9 Å². The molecule has 2 rings (SSSR count). The molecule has 0 aliphatic rings. The number of ether oxygens (including phenoxy) is 1. The molecular formula is C27H38N2O4. The Kier molecular flexibility index (Phi) is 11.5. The number of carbonyl (C=O) groups excluding carboxylic acids is 1. The summed E-state index contributed by atoms with van der Waals surface area (Å²) in [5, 5.41) is 12.6. The van der Waals surface area contributed by atoms with Crippen LogP contribution in [0.25, 0.3) is 11.1 Å². The standard InChI is InChI=1S/C27H38N2O4/c1-4-6-7-8-12-17-28-27(32)29(3)24-19-22(21-13-10-9-11-14-21)15-16-23(24)20-25(26(30)31)33-18-5-2/h9-11,13-16,19,25H,4-8,12,17-18,20H2,1-3H3,(H,28,32)(H,30,31)/t25-/m0/s1. The van der Waals surface area contributed by atoms with Crippen molar-refractivity contribution in [3.63, 3.8) is 0 Å². The number of carboxylic acids is 1. The highest BCUT2D eigenvalue weighted by Crippen LogP contribution is 2.29. The number of rotatable bonds is 14. The summed E-state index contributed by atoms with van der Waals surface area (Å²) in [4.78, 5) is 26.2. The molecular weight excluding hydrogens is 416 g/mol. The van der Waals surface area contributed by atoms with Crippen molar-refractivity contribution in [2.24, 2.45) is 0 Å². The number of nitrogens with one attached hydrogen (secondary N) is 1. The van der Waals surface area contributed by atoms with Crippen molar-refractivity contribution in [2.45, 2.75) is 64.9 Å². The summed E-state index contributed by atoms with van der Waals surface area (Å²) in [6.07, 6.45) is 5.60. The first-order chi connectivity index (χ1) is 16.0. The number of urea groups is 1. The Morgan fingerprint density at radius 2 is 1.70 bits per heavy atom. The molecule has 0 radical (unpaired) electrons. The van der Waals surface area contributed by atoms with Crippen molar-refractivity contribution in [2.75, 3.05) is 25.1 Å². The number of carboxylic acid groups (broad SMARTS) is 1. The van der Waals surface area contributed by atoms with Crippen LogP contribution in [0.3, 0.4) is 0 Å². The second kappa shape index (κ2) is 14.3. The number of aliphatic carboxylic acids is 1. The minimum atomic E-state index is -0.999. The van der Waals surface area contributed by atoms with Gasteiger partial charge in [0.05, 0.1) is 0 Å². The molecule has 180 valence electrons. The van der Waals surface area contributed by atoms with E-state index in [2.05, 4.69) is 12.2 Å². The van der Waals surface area contributed by atoms with Gasteiger partial charge in [0.2, 0.25) is 0 Å². The minimum Gasteiger partial charge on any atom is -0.479 e. The van der Waals surface area contributed by atoms with Crippen LogP contribution in [0.5, 0.6) is 0 Å². The van der Waals surface area contributed by atoms with Gasteiger partial charge in [-0.05, 0) is 35.6 Å². The topological polar surface area (TPSA) is 78.9 Å². The van der Waals surface area contributed by atoms with Gasteiger partial charge in [0, 0.05) is 32.3 Å². The second-order valence-corrected chi connectivity index (χ2v) is 8.32. The molecule has 6 nitrogen and oxygen atoms in total. The Hall–Kier alpha value is -2.86. The number of anilines is 1. The van der Waals surface area contributed by atoms with Crippen LogP contribution in [0, 0.1) is 0 Å². The summed E-state index contributed by atoms with van der Waals surface area (Å²) in [7, 11) is 1.72. The average Bonchev–Trinajstić information content (AvgIpc) is 2.83. The molecule has 0 heterocycles. The zero-order valence-corrected chi connectivity index (χ0v) is 20.2. The maximum Gasteiger partial charge on any atom is 0.333 e. The molecule has 6 heteroatoms. The normalized spacial score (nSPS) is 11.7. The van der Waals surface area contributed by atoms with Gasteiger partial charge in [-0.15, -0.1) is 0 Å². The number of hydrogen-bond acceptors (Lipinski definition) is 3. The molecule has 0 spiro atoms. The Bertz CT molecular complexity index is 870. The third-order valence-corrected chi connectivity index (χ3v) is 5.62. The van der Waals surface area contributed by atoms with Crippen molar-refractivity contribution in [1.29, 1.82) is 0 Å². The summed E-state index contributed by atoms with van der Waals surface area (Å²) in [6, 6.07) is 15.5. The van der Waals surface area contributed by atoms with Crippen molar-refractivity contribution >= 4 is 17.7 Å². The van der Waals surface area contributed by atoms with E-state index >= 15 is 0 Å². The lowest BCUT2D eigenvalue weighted by molar-refractivity contribution is -0.150. The van der Waals surface area contributed by atoms with Crippen LogP contribution in [0.2, 0.25) is 0 Å². The molecule has 2 N–H and O–H groups in total. The Balaban J connectivity index is 2.23. The van der Waals surface area contributed by atoms with E-state index in [0.29, 0.717) is 18.8 Å². The van der Waals surface area contributed by atoms with Crippen molar-refractivity contribution < 1.29 is 19.4 Å². The van der Waals surface area contributed by atoms with Gasteiger partial charge in [0.15, 0.2) is 6.10 Å². The predicted octanol–water partition coefficient (Wildman–Crippen LogP) is 5.89. The fourth-order valence-electron chi connectivity index (χ4n) is 3.69. The van der Waals surface area contributed by atoms with Crippen LogP contribution in [-0.4, -0.2) is 43.4 Å². The van der Waals surface area contributed by atoms with Gasteiger partial charge >= 0.3 is 12.0 Å². The van der Waals surface area contributed by atoms with E-state index in [0.717, 1.165) is 36.0 Å². The van der Waals surface area contributed by atoms with Crippen LogP contribution in [0.15, 0.2) is 48.5 Å². The lowest BCUT2D eigenvalue weighted by Crippen LogP contribution is -2.38. The first-order valence-electron chi connectivity index (χ1n) is 12.0. The largest absolute Gasteiger partial charge is 0.479 e. The molecule has 0 aliphatic heterocycles. The Morgan fingerprint density at radius 3 is 2.36 bits per heavy atom. The molecule has 1 atom stereocenters. The summed E-state index contributed by atoms with van der Waals surface area (Å²) < 4.78 is 5.56. The highest BCUT2D eigenvalue weighted by molar-refractivity contribution is 5.93. The average molecular weight is 455 g/mol. The van der Waals surface area contributed by atoms with Crippen molar-refractivity contribution in [3.05, 3.63) is 54.1 Å². The lowest BCUT2D eigenvalue weighted by atomic mass is 9.98. The van der Waals surface area contributed by atoms with Crippen LogP contribution in [0.1, 0.15) is 57.9 Å². The van der Waals surface area contributed by atoms with Gasteiger partial charge in [-0.25, -0.2) is 9.59 Å². The summed E-state index contributed by atoms with van der Waals surface area (Å²) in [5.41, 5.74) is 3.45. The molecule has 0 fully saturated rings. The van der Waals surface area contributed by atoms with Gasteiger partial charge in [0.1, 0.15) is 0 Å². The van der Waals surface area contributed by atoms with Gasteiger partial charge in [-0.3, -0.25) is 4.90 Å². The fourth-order valence-corrected chi connectivity index (χ4v) is 3.69. The molecule has 0 bridgehead atoms. The van der Waals surface area contributed by atoms with Crippen LogP contribution >= 0.6 is 0 Å². The minimum absolute atomic E-state index is 0.189. The Morgan fingerprint density at radius 1 is 0.970 bits per heavy atom. The molecule has 0 aromatic heterocycles. The van der Waals surface area contributed by atoms with E-state index in [9.17, 15) is 14.7 Å². The highest BCUT2D eigenvalue weighted by atomic mass is 16.5. The molecule has 0 saturated carbocycles. The number of unbranched alkanes of at least 4 members (excludes halogenated alkanes) is 4. The first kappa shape index (κ1) is 26.4. The maximum atomic E-state index is 12.9. The number of amides is 2. The summed E-state index contributed by atoms with van der Waals surface area (Å²) in [5.74, 6) is -0.999. The lowest BCUT2D eigenvalue weighted by Gasteiger charge is -2.24. The molecule has 33 heavy (non-hydrogen) atoms. The zero-order valence-electron chi connectivity index (χ0n) is 20.2. The number of nitrogens with zero attached hydrogens (tertiary/aromatic N) is 1. The van der Waals surface area contributed by atoms with E-state index in [1.165, 1.54) is 19.3 Å². The van der Waals surface area contributed by atoms with E-state index in [4.69, 9.17) is 4.74 Å². The Labute approximate surface area is 198 Å². The monoisotopic (exact) mass is 454 g/mol. The molecule has 0 unspecified atom stereocenters. The maximum absolute atomic E-state index is 12.9. The molecule has 2 amide bonds. The highest BCUT2D eigenvalue weighted by Gasteiger charge is 2.23. The third kappa shape index (κ3) is 8.54. The summed E-state index contributed by atoms with van der Waals surface area (Å²) in [6.45, 7) is 5.13. The van der Waals surface area contributed by atoms with E-state index in [-0.39, 0.29) is 12.5 Å². The number of benzene rings is 2. The van der Waals surface area contributed by atoms with Crippen LogP contribution in [0.4, 0.5) is 10.5 Å². The summed E-state index contributed by atoms with van der Waals surface area (Å²) >= 11 is 0. The van der Waals surface area contributed by atoms with Gasteiger partial charge in [0.25, 0.3) is 0 Å². The van der Waals surface area contributed by atoms with Crippen molar-refractivity contribution in [3.8, 4) is 11.1 Å². The third-order valence-electron chi connectivity index (χ3n) is 5.62. The van der Waals surface area contributed by atoms with Gasteiger partial charge < -0.3 is 15.2 Å². The van der Waals surface area contributed by atoms with Crippen LogP contribution < -0.4 is 10.2 Å². The number of carbonyl (C=O) groups is 2. The van der Waals surface area contributed by atoms with Crippen molar-refractivity contribution in [1.82, 2.24) is 5.32 Å². The molecule has 0 aliphatic carbocycles. The predicted molar refractivity (Wildman–Crippen MR) is 134 cm³/mol. The van der Waals surface area contributed by atoms with Gasteiger partial charge in [-0.2, -0.15) is 0 Å². The first-order valence-corrected chi connectivity index (χ1v) is 12.0. The quantitative estimate of drug-likeness (QED) is 0.349. The SMILES string of the molecule is CCCCCCCNC(=O)N(C)c1cc(-c2ccccc2)ccc1C[C@H](OCCC)C(=O)O. The number of hydrogen-bond donors (Lipinski definition) is 2. The molecule has 2 aromatic carbocycles. The fraction of sp³-hybridized carbons (Fsp3) is 0.481. The molecule has 2 aromatic rings. The van der Waals surface area contributed by atoms with E-state index < -0.39 is 12.1 Å². The van der Waals surface area contributed by atoms with E-state index in [1.807, 2.05) is 55.5 Å². The van der Waals surface area contributed by atoms with Crippen LogP contribution in [-0.2, 0) is 16.0 Å². The second-order valence-electron chi connectivity index (χ2n) is 8.32. The zero-order chi connectivity index (χ0) is 24.1. The smallest absolute Gasteiger partial charge is 0.333 e. The molecule has 0 saturated heterocycles. The van der Waals surface area contributed by atoms with Gasteiger partial charge in [-0.1, -0.05) is 82.0 Å².